The van der Waals surface area contributed by atoms with Gasteiger partial charge in [-0.1, -0.05) is 0 Å². The van der Waals surface area contributed by atoms with Crippen LogP contribution < -0.4 is 9.47 Å². The lowest BCUT2D eigenvalue weighted by atomic mass is 9.72. The standard InChI is InChI=1S/C26H35N3O5/c1-15-19-13-29-7-6-16-18-11-23(31-4)24(32-5)12-21(18)27-25(16)22(29)10-17(19)20(14-34-15)26(30)33-9-8-28(2)3/h11-12,14-15,17,19,22,27H,6-10,13H2,1-5H3/t15-,17-,19-,22+/m0/s1. The number of carbonyl (C=O) groups excluding carboxylic acids is 1. The molecule has 3 aliphatic heterocycles. The van der Waals surface area contributed by atoms with Gasteiger partial charge in [-0.3, -0.25) is 4.90 Å². The SMILES string of the molecule is COc1cc2[nH]c3c(c2cc1OC)CCN1C[C@H]2[C@H](C)OC=C(C(=O)OCCN(C)C)[C@H]2C[C@H]31. The maximum Gasteiger partial charge on any atom is 0.337 e. The summed E-state index contributed by atoms with van der Waals surface area (Å²) in [6.07, 6.45) is 3.57. The highest BCUT2D eigenvalue weighted by atomic mass is 16.5. The summed E-state index contributed by atoms with van der Waals surface area (Å²) in [4.78, 5) is 21.2. The van der Waals surface area contributed by atoms with Crippen LogP contribution in [0.5, 0.6) is 11.5 Å². The van der Waals surface area contributed by atoms with E-state index >= 15 is 0 Å². The van der Waals surface area contributed by atoms with Gasteiger partial charge in [-0.15, -0.1) is 0 Å². The number of nitrogens with one attached hydrogen (secondary N) is 1. The molecule has 3 aliphatic rings. The van der Waals surface area contributed by atoms with Crippen LogP contribution in [0.15, 0.2) is 24.0 Å². The van der Waals surface area contributed by atoms with Gasteiger partial charge in [0.05, 0.1) is 38.2 Å². The van der Waals surface area contributed by atoms with E-state index in [0.29, 0.717) is 18.7 Å². The Hall–Kier alpha value is -2.71. The number of aromatic amines is 1. The van der Waals surface area contributed by atoms with Crippen LogP contribution in [0.25, 0.3) is 10.9 Å². The number of piperidine rings is 1. The van der Waals surface area contributed by atoms with E-state index < -0.39 is 0 Å². The predicted molar refractivity (Wildman–Crippen MR) is 129 cm³/mol. The van der Waals surface area contributed by atoms with Gasteiger partial charge < -0.3 is 28.8 Å². The molecule has 0 saturated carbocycles. The fourth-order valence-electron chi connectivity index (χ4n) is 5.85. The zero-order chi connectivity index (χ0) is 24.0. The molecular formula is C26H35N3O5. The second-order valence-corrected chi connectivity index (χ2v) is 9.89. The smallest absolute Gasteiger partial charge is 0.337 e. The molecule has 8 heteroatoms. The Morgan fingerprint density at radius 2 is 2.00 bits per heavy atom. The Balaban J connectivity index is 1.45. The molecule has 0 amide bonds. The van der Waals surface area contributed by atoms with Gasteiger partial charge in [0.15, 0.2) is 11.5 Å². The minimum absolute atomic E-state index is 0.0712. The number of aromatic nitrogens is 1. The van der Waals surface area contributed by atoms with E-state index in [9.17, 15) is 4.79 Å². The minimum Gasteiger partial charge on any atom is -0.497 e. The highest BCUT2D eigenvalue weighted by molar-refractivity contribution is 5.90. The van der Waals surface area contributed by atoms with Crippen molar-refractivity contribution in [1.29, 1.82) is 0 Å². The highest BCUT2D eigenvalue weighted by Gasteiger charge is 2.47. The number of rotatable bonds is 6. The first-order valence-electron chi connectivity index (χ1n) is 12.1. The Bertz CT molecular complexity index is 1110. The van der Waals surface area contributed by atoms with Crippen LogP contribution >= 0.6 is 0 Å². The van der Waals surface area contributed by atoms with Crippen molar-refractivity contribution in [3.05, 3.63) is 35.2 Å². The predicted octanol–water partition coefficient (Wildman–Crippen LogP) is 3.13. The fraction of sp³-hybridized carbons (Fsp3) is 0.577. The van der Waals surface area contributed by atoms with Gasteiger partial charge in [-0.2, -0.15) is 0 Å². The van der Waals surface area contributed by atoms with Crippen LogP contribution in [0.3, 0.4) is 0 Å². The fourth-order valence-corrected chi connectivity index (χ4v) is 5.85. The molecular weight excluding hydrogens is 434 g/mol. The monoisotopic (exact) mass is 469 g/mol. The van der Waals surface area contributed by atoms with Crippen molar-refractivity contribution < 1.29 is 23.7 Å². The van der Waals surface area contributed by atoms with Crippen molar-refractivity contribution in [1.82, 2.24) is 14.8 Å². The number of benzene rings is 1. The molecule has 8 nitrogen and oxygen atoms in total. The van der Waals surface area contributed by atoms with E-state index in [-0.39, 0.29) is 30.0 Å². The lowest BCUT2D eigenvalue weighted by molar-refractivity contribution is -0.142. The third kappa shape index (κ3) is 3.92. The molecule has 1 aromatic carbocycles. The zero-order valence-corrected chi connectivity index (χ0v) is 20.7. The van der Waals surface area contributed by atoms with E-state index in [1.807, 2.05) is 25.1 Å². The normalized spacial score (nSPS) is 26.2. The molecule has 4 atom stereocenters. The molecule has 0 radical (unpaired) electrons. The number of methoxy groups -OCH3 is 2. The molecule has 5 rings (SSSR count). The summed E-state index contributed by atoms with van der Waals surface area (Å²) in [6.45, 7) is 5.08. The van der Waals surface area contributed by atoms with Gasteiger partial charge in [0.2, 0.25) is 0 Å². The van der Waals surface area contributed by atoms with E-state index in [1.54, 1.807) is 20.5 Å². The van der Waals surface area contributed by atoms with E-state index in [0.717, 1.165) is 42.9 Å². The van der Waals surface area contributed by atoms with Crippen molar-refractivity contribution >= 4 is 16.9 Å². The van der Waals surface area contributed by atoms with Crippen molar-refractivity contribution in [2.75, 3.05) is 54.6 Å². The summed E-state index contributed by atoms with van der Waals surface area (Å²) in [5.41, 5.74) is 4.32. The average molecular weight is 470 g/mol. The maximum atomic E-state index is 13.0. The van der Waals surface area contributed by atoms with E-state index in [2.05, 4.69) is 22.9 Å². The summed E-state index contributed by atoms with van der Waals surface area (Å²) in [5, 5.41) is 1.19. The van der Waals surface area contributed by atoms with Crippen LogP contribution in [0.1, 0.15) is 30.6 Å². The molecule has 184 valence electrons. The van der Waals surface area contributed by atoms with Gasteiger partial charge in [0, 0.05) is 54.1 Å². The molecule has 1 fully saturated rings. The number of esters is 1. The Morgan fingerprint density at radius 3 is 2.74 bits per heavy atom. The number of fused-ring (bicyclic) bond motifs is 6. The number of hydrogen-bond donors (Lipinski definition) is 1. The van der Waals surface area contributed by atoms with Crippen LogP contribution in [0.2, 0.25) is 0 Å². The third-order valence-electron chi connectivity index (χ3n) is 7.73. The Labute approximate surface area is 200 Å². The molecule has 0 bridgehead atoms. The molecule has 34 heavy (non-hydrogen) atoms. The maximum absolute atomic E-state index is 13.0. The number of carbonyl (C=O) groups is 1. The molecule has 0 spiro atoms. The number of H-pyrrole nitrogens is 1. The second kappa shape index (κ2) is 9.15. The zero-order valence-electron chi connectivity index (χ0n) is 20.7. The van der Waals surface area contributed by atoms with E-state index in [4.69, 9.17) is 18.9 Å². The van der Waals surface area contributed by atoms with E-state index in [1.165, 1.54) is 16.6 Å². The molecule has 4 heterocycles. The van der Waals surface area contributed by atoms with Gasteiger partial charge in [-0.05, 0) is 45.5 Å². The first-order chi connectivity index (χ1) is 16.4. The van der Waals surface area contributed by atoms with Crippen molar-refractivity contribution in [3.63, 3.8) is 0 Å². The van der Waals surface area contributed by atoms with Gasteiger partial charge in [-0.25, -0.2) is 4.79 Å². The molecule has 1 N–H and O–H groups in total. The molecule has 0 aliphatic carbocycles. The number of hydrogen-bond acceptors (Lipinski definition) is 7. The van der Waals surface area contributed by atoms with Gasteiger partial charge in [0.25, 0.3) is 0 Å². The first kappa shape index (κ1) is 23.1. The third-order valence-corrected chi connectivity index (χ3v) is 7.73. The van der Waals surface area contributed by atoms with Crippen LogP contribution in [-0.2, 0) is 20.7 Å². The van der Waals surface area contributed by atoms with Crippen molar-refractivity contribution in [2.24, 2.45) is 11.8 Å². The summed E-state index contributed by atoms with van der Waals surface area (Å²) >= 11 is 0. The average Bonchev–Trinajstić information content (AvgIpc) is 3.20. The lowest BCUT2D eigenvalue weighted by Gasteiger charge is -2.49. The lowest BCUT2D eigenvalue weighted by Crippen LogP contribution is -2.51. The molecule has 1 aromatic heterocycles. The number of likely N-dealkylation sites (N-methyl/N-ethyl adjacent to an activating group) is 1. The summed E-state index contributed by atoms with van der Waals surface area (Å²) in [5.74, 6) is 1.59. The minimum atomic E-state index is -0.251. The van der Waals surface area contributed by atoms with Crippen molar-refractivity contribution in [2.45, 2.75) is 31.9 Å². The van der Waals surface area contributed by atoms with Crippen LogP contribution in [-0.4, -0.2) is 81.4 Å². The quantitative estimate of drug-likeness (QED) is 0.652. The van der Waals surface area contributed by atoms with Gasteiger partial charge in [0.1, 0.15) is 6.61 Å². The van der Waals surface area contributed by atoms with Crippen LogP contribution in [0.4, 0.5) is 0 Å². The second-order valence-electron chi connectivity index (χ2n) is 9.89. The molecule has 1 saturated heterocycles. The largest absolute Gasteiger partial charge is 0.497 e. The molecule has 2 aromatic rings. The number of nitrogens with zero attached hydrogens (tertiary/aromatic N) is 2. The topological polar surface area (TPSA) is 76.3 Å². The van der Waals surface area contributed by atoms with Crippen molar-refractivity contribution in [3.8, 4) is 11.5 Å². The Morgan fingerprint density at radius 1 is 1.24 bits per heavy atom. The molecule has 0 unspecified atom stereocenters. The Kier molecular flexibility index (Phi) is 6.20. The summed E-state index contributed by atoms with van der Waals surface area (Å²) in [6, 6.07) is 4.32. The first-order valence-corrected chi connectivity index (χ1v) is 12.1. The summed E-state index contributed by atoms with van der Waals surface area (Å²) in [7, 11) is 7.27. The number of ether oxygens (including phenoxy) is 4. The highest BCUT2D eigenvalue weighted by Crippen LogP contribution is 2.48. The van der Waals surface area contributed by atoms with Crippen LogP contribution in [0, 0.1) is 11.8 Å². The van der Waals surface area contributed by atoms with Gasteiger partial charge >= 0.3 is 5.97 Å². The summed E-state index contributed by atoms with van der Waals surface area (Å²) < 4.78 is 22.6.